The molecule has 2 aliphatic rings. The van der Waals surface area contributed by atoms with E-state index in [1.165, 1.54) is 11.1 Å². The first-order valence-corrected chi connectivity index (χ1v) is 10.9. The molecule has 5 rings (SSSR count). The second-order valence-electron chi connectivity index (χ2n) is 8.35. The number of nitrogens with zero attached hydrogens (tertiary/aromatic N) is 1. The van der Waals surface area contributed by atoms with Crippen molar-refractivity contribution >= 4 is 11.7 Å². The summed E-state index contributed by atoms with van der Waals surface area (Å²) in [6.45, 7) is 1.50. The number of nitrogens with one attached hydrogen (secondary N) is 2. The van der Waals surface area contributed by atoms with Gasteiger partial charge in [0.25, 0.3) is 0 Å². The molecule has 0 aromatic heterocycles. The van der Waals surface area contributed by atoms with Gasteiger partial charge in [0.1, 0.15) is 11.5 Å². The van der Waals surface area contributed by atoms with Gasteiger partial charge < -0.3 is 20.3 Å². The van der Waals surface area contributed by atoms with Gasteiger partial charge in [-0.05, 0) is 66.8 Å². The standard InChI is InChI=1S/C26H27N3O2/c30-26(28-21-12-14-25(15-13-21)31-24-8-2-1-3-9-24)29-17-23(18-29)27-22-11-10-19-6-4-5-7-20(19)16-22/h1-9,12-15,22-23,27H,10-11,16-18H2,(H,28,30). The molecule has 5 nitrogen and oxygen atoms in total. The van der Waals surface area contributed by atoms with Crippen LogP contribution in [0.4, 0.5) is 10.5 Å². The monoisotopic (exact) mass is 413 g/mol. The summed E-state index contributed by atoms with van der Waals surface area (Å²) in [5.41, 5.74) is 3.71. The average Bonchev–Trinajstić information content (AvgIpc) is 2.78. The fraction of sp³-hybridized carbons (Fsp3) is 0.269. The Morgan fingerprint density at radius 3 is 2.26 bits per heavy atom. The summed E-state index contributed by atoms with van der Waals surface area (Å²) in [6.07, 6.45) is 3.38. The van der Waals surface area contributed by atoms with Gasteiger partial charge >= 0.3 is 6.03 Å². The molecule has 1 aliphatic heterocycles. The molecule has 1 fully saturated rings. The lowest BCUT2D eigenvalue weighted by atomic mass is 9.87. The van der Waals surface area contributed by atoms with E-state index in [0.29, 0.717) is 12.1 Å². The van der Waals surface area contributed by atoms with Crippen LogP contribution in [0.15, 0.2) is 78.9 Å². The van der Waals surface area contributed by atoms with Gasteiger partial charge in [0, 0.05) is 30.9 Å². The van der Waals surface area contributed by atoms with Crippen molar-refractivity contribution in [2.75, 3.05) is 18.4 Å². The predicted octanol–water partition coefficient (Wildman–Crippen LogP) is 4.84. The minimum atomic E-state index is -0.0521. The maximum atomic E-state index is 12.5. The Balaban J connectivity index is 1.07. The lowest BCUT2D eigenvalue weighted by Crippen LogP contribution is -2.63. The summed E-state index contributed by atoms with van der Waals surface area (Å²) in [6, 6.07) is 26.7. The van der Waals surface area contributed by atoms with Gasteiger partial charge in [0.2, 0.25) is 0 Å². The number of urea groups is 1. The zero-order chi connectivity index (χ0) is 21.0. The second-order valence-corrected chi connectivity index (χ2v) is 8.35. The molecule has 3 aromatic rings. The predicted molar refractivity (Wildman–Crippen MR) is 123 cm³/mol. The van der Waals surface area contributed by atoms with Crippen LogP contribution < -0.4 is 15.4 Å². The highest BCUT2D eigenvalue weighted by molar-refractivity contribution is 5.90. The van der Waals surface area contributed by atoms with Crippen LogP contribution in [0, 0.1) is 0 Å². The molecule has 1 atom stereocenters. The highest BCUT2D eigenvalue weighted by Crippen LogP contribution is 2.24. The first-order chi connectivity index (χ1) is 15.2. The quantitative estimate of drug-likeness (QED) is 0.629. The summed E-state index contributed by atoms with van der Waals surface area (Å²) >= 11 is 0. The normalized spacial score (nSPS) is 18.1. The lowest BCUT2D eigenvalue weighted by Gasteiger charge is -2.42. The van der Waals surface area contributed by atoms with Crippen molar-refractivity contribution in [2.45, 2.75) is 31.3 Å². The molecule has 5 heteroatoms. The van der Waals surface area contributed by atoms with E-state index in [-0.39, 0.29) is 6.03 Å². The Bertz CT molecular complexity index is 1030. The summed E-state index contributed by atoms with van der Waals surface area (Å²) in [4.78, 5) is 14.4. The van der Waals surface area contributed by atoms with Gasteiger partial charge in [-0.15, -0.1) is 0 Å². The van der Waals surface area contributed by atoms with Gasteiger partial charge in [-0.3, -0.25) is 0 Å². The lowest BCUT2D eigenvalue weighted by molar-refractivity contribution is 0.140. The van der Waals surface area contributed by atoms with Crippen molar-refractivity contribution in [2.24, 2.45) is 0 Å². The molecule has 31 heavy (non-hydrogen) atoms. The van der Waals surface area contributed by atoms with E-state index in [4.69, 9.17) is 4.74 Å². The maximum Gasteiger partial charge on any atom is 0.321 e. The zero-order valence-corrected chi connectivity index (χ0v) is 17.5. The third-order valence-electron chi connectivity index (χ3n) is 6.07. The van der Waals surface area contributed by atoms with Crippen molar-refractivity contribution in [1.82, 2.24) is 10.2 Å². The van der Waals surface area contributed by atoms with Crippen LogP contribution in [0.5, 0.6) is 11.5 Å². The second kappa shape index (κ2) is 8.82. The Labute approximate surface area is 183 Å². The minimum absolute atomic E-state index is 0.0521. The van der Waals surface area contributed by atoms with E-state index in [9.17, 15) is 4.79 Å². The van der Waals surface area contributed by atoms with Gasteiger partial charge in [-0.2, -0.15) is 0 Å². The number of amides is 2. The number of carbonyl (C=O) groups is 1. The van der Waals surface area contributed by atoms with Crippen molar-refractivity contribution in [3.05, 3.63) is 90.0 Å². The topological polar surface area (TPSA) is 53.6 Å². The summed E-state index contributed by atoms with van der Waals surface area (Å²) in [5.74, 6) is 1.53. The minimum Gasteiger partial charge on any atom is -0.457 e. The Kier molecular flexibility index (Phi) is 5.59. The third kappa shape index (κ3) is 4.72. The van der Waals surface area contributed by atoms with E-state index < -0.39 is 0 Å². The molecule has 0 spiro atoms. The van der Waals surface area contributed by atoms with Crippen LogP contribution in [-0.2, 0) is 12.8 Å². The number of benzene rings is 3. The summed E-state index contributed by atoms with van der Waals surface area (Å²) in [7, 11) is 0. The first-order valence-electron chi connectivity index (χ1n) is 10.9. The number of aryl methyl sites for hydroxylation is 1. The van der Waals surface area contributed by atoms with E-state index in [1.807, 2.05) is 59.5 Å². The summed E-state index contributed by atoms with van der Waals surface area (Å²) < 4.78 is 5.79. The molecule has 3 aromatic carbocycles. The zero-order valence-electron chi connectivity index (χ0n) is 17.5. The molecule has 0 saturated carbocycles. The maximum absolute atomic E-state index is 12.5. The van der Waals surface area contributed by atoms with Gasteiger partial charge in [0.05, 0.1) is 0 Å². The fourth-order valence-corrected chi connectivity index (χ4v) is 4.36. The number of likely N-dealkylation sites (tertiary alicyclic amines) is 1. The van der Waals surface area contributed by atoms with Gasteiger partial charge in [-0.1, -0.05) is 42.5 Å². The molecule has 2 N–H and O–H groups in total. The Morgan fingerprint density at radius 2 is 1.48 bits per heavy atom. The number of hydrogen-bond donors (Lipinski definition) is 2. The van der Waals surface area contributed by atoms with Crippen LogP contribution in [0.25, 0.3) is 0 Å². The van der Waals surface area contributed by atoms with Crippen LogP contribution in [0.3, 0.4) is 0 Å². The smallest absolute Gasteiger partial charge is 0.321 e. The molecule has 1 aliphatic carbocycles. The third-order valence-corrected chi connectivity index (χ3v) is 6.07. The number of hydrogen-bond acceptors (Lipinski definition) is 3. The van der Waals surface area contributed by atoms with Crippen LogP contribution in [-0.4, -0.2) is 36.1 Å². The molecule has 158 valence electrons. The first kappa shape index (κ1) is 19.6. The molecule has 2 amide bonds. The number of rotatable bonds is 5. The Hall–Kier alpha value is -3.31. The van der Waals surface area contributed by atoms with E-state index in [0.717, 1.165) is 49.5 Å². The SMILES string of the molecule is O=C(Nc1ccc(Oc2ccccc2)cc1)N1CC(NC2CCc3ccccc3C2)C1. The van der Waals surface area contributed by atoms with E-state index >= 15 is 0 Å². The Morgan fingerprint density at radius 1 is 0.806 bits per heavy atom. The number of ether oxygens (including phenoxy) is 1. The molecule has 1 unspecified atom stereocenters. The largest absolute Gasteiger partial charge is 0.457 e. The number of fused-ring (bicyclic) bond motifs is 1. The van der Waals surface area contributed by atoms with E-state index in [2.05, 4.69) is 34.9 Å². The van der Waals surface area contributed by atoms with Gasteiger partial charge in [-0.25, -0.2) is 4.79 Å². The molecule has 0 bridgehead atoms. The van der Waals surface area contributed by atoms with Crippen LogP contribution in [0.2, 0.25) is 0 Å². The average molecular weight is 414 g/mol. The molecular formula is C26H27N3O2. The fourth-order valence-electron chi connectivity index (χ4n) is 4.36. The number of para-hydroxylation sites is 1. The van der Waals surface area contributed by atoms with Crippen molar-refractivity contribution in [1.29, 1.82) is 0 Å². The highest BCUT2D eigenvalue weighted by atomic mass is 16.5. The van der Waals surface area contributed by atoms with Crippen molar-refractivity contribution in [3.8, 4) is 11.5 Å². The van der Waals surface area contributed by atoms with Gasteiger partial charge in [0.15, 0.2) is 0 Å². The van der Waals surface area contributed by atoms with Crippen LogP contribution in [0.1, 0.15) is 17.5 Å². The van der Waals surface area contributed by atoms with Crippen LogP contribution >= 0.6 is 0 Å². The molecule has 1 heterocycles. The highest BCUT2D eigenvalue weighted by Gasteiger charge is 2.32. The number of anilines is 1. The summed E-state index contributed by atoms with van der Waals surface area (Å²) in [5, 5.41) is 6.71. The molecule has 1 saturated heterocycles. The molecule has 0 radical (unpaired) electrons. The number of carbonyl (C=O) groups excluding carboxylic acids is 1. The van der Waals surface area contributed by atoms with Crippen molar-refractivity contribution in [3.63, 3.8) is 0 Å². The molecular weight excluding hydrogens is 386 g/mol. The van der Waals surface area contributed by atoms with Crippen molar-refractivity contribution < 1.29 is 9.53 Å². The van der Waals surface area contributed by atoms with E-state index in [1.54, 1.807) is 0 Å².